The first kappa shape index (κ1) is 27.3. The highest BCUT2D eigenvalue weighted by atomic mass is 16.4. The monoisotopic (exact) mass is 431 g/mol. The highest BCUT2D eigenvalue weighted by Gasteiger charge is 2.27. The lowest BCUT2D eigenvalue weighted by Crippen LogP contribution is -2.55. The number of hydrogen-bond donors (Lipinski definition) is 7. The predicted molar refractivity (Wildman–Crippen MR) is 107 cm³/mol. The topological polar surface area (TPSA) is 214 Å². The van der Waals surface area contributed by atoms with Gasteiger partial charge in [0.1, 0.15) is 12.1 Å². The summed E-state index contributed by atoms with van der Waals surface area (Å²) in [6.07, 6.45) is 0.996. The van der Waals surface area contributed by atoms with Crippen LogP contribution in [0.2, 0.25) is 0 Å². The molecular weight excluding hydrogens is 398 g/mol. The van der Waals surface area contributed by atoms with Gasteiger partial charge >= 0.3 is 11.9 Å². The van der Waals surface area contributed by atoms with Crippen molar-refractivity contribution in [2.75, 3.05) is 13.1 Å². The molecule has 0 aliphatic heterocycles. The second-order valence-corrected chi connectivity index (χ2v) is 7.23. The number of carbonyl (C=O) groups is 5. The highest BCUT2D eigenvalue weighted by molar-refractivity contribution is 5.92. The molecule has 30 heavy (non-hydrogen) atoms. The van der Waals surface area contributed by atoms with Gasteiger partial charge < -0.3 is 37.6 Å². The number of nitrogens with two attached hydrogens (primary N) is 2. The Balaban J connectivity index is 4.69. The van der Waals surface area contributed by atoms with Crippen molar-refractivity contribution in [1.29, 1.82) is 0 Å². The molecule has 0 saturated heterocycles. The van der Waals surface area contributed by atoms with Crippen molar-refractivity contribution in [3.05, 3.63) is 0 Å². The number of carboxylic acids is 2. The predicted octanol–water partition coefficient (Wildman–Crippen LogP) is -1.87. The van der Waals surface area contributed by atoms with Crippen molar-refractivity contribution in [3.63, 3.8) is 0 Å². The molecule has 0 saturated carbocycles. The van der Waals surface area contributed by atoms with Gasteiger partial charge in [-0.25, -0.2) is 4.79 Å². The first-order valence-corrected chi connectivity index (χ1v) is 9.77. The van der Waals surface area contributed by atoms with Crippen LogP contribution >= 0.6 is 0 Å². The third kappa shape index (κ3) is 11.3. The van der Waals surface area contributed by atoms with Crippen LogP contribution in [0.15, 0.2) is 0 Å². The van der Waals surface area contributed by atoms with E-state index in [0.717, 1.165) is 0 Å². The van der Waals surface area contributed by atoms with Crippen molar-refractivity contribution in [3.8, 4) is 0 Å². The molecule has 12 nitrogen and oxygen atoms in total. The number of aliphatic carboxylic acids is 2. The molecule has 0 aromatic carbocycles. The third-order valence-corrected chi connectivity index (χ3v) is 4.26. The summed E-state index contributed by atoms with van der Waals surface area (Å²) in [6.45, 7) is 3.29. The second kappa shape index (κ2) is 14.3. The van der Waals surface area contributed by atoms with E-state index in [4.69, 9.17) is 21.7 Å². The normalized spacial score (nSPS) is 13.8. The Morgan fingerprint density at radius 3 is 2.07 bits per heavy atom. The summed E-state index contributed by atoms with van der Waals surface area (Å²) in [5.74, 6) is -4.63. The third-order valence-electron chi connectivity index (χ3n) is 4.26. The van der Waals surface area contributed by atoms with Crippen LogP contribution in [-0.2, 0) is 24.0 Å². The number of carbonyl (C=O) groups excluding carboxylic acids is 3. The summed E-state index contributed by atoms with van der Waals surface area (Å²) in [7, 11) is 0. The lowest BCUT2D eigenvalue weighted by Gasteiger charge is -2.23. The molecule has 9 N–H and O–H groups in total. The van der Waals surface area contributed by atoms with Crippen LogP contribution in [-0.4, -0.2) is 71.1 Å². The van der Waals surface area contributed by atoms with Crippen LogP contribution in [0.4, 0.5) is 0 Å². The Bertz CT molecular complexity index is 612. The maximum Gasteiger partial charge on any atom is 0.326 e. The van der Waals surface area contributed by atoms with E-state index >= 15 is 0 Å². The number of carboxylic acid groups (broad SMARTS) is 2. The molecule has 0 radical (unpaired) electrons. The second-order valence-electron chi connectivity index (χ2n) is 7.23. The van der Waals surface area contributed by atoms with E-state index < -0.39 is 54.3 Å². The molecule has 0 heterocycles. The molecule has 0 fully saturated rings. The lowest BCUT2D eigenvalue weighted by atomic mass is 10.0. The summed E-state index contributed by atoms with van der Waals surface area (Å²) in [6, 6.07) is -3.18. The summed E-state index contributed by atoms with van der Waals surface area (Å²) in [5, 5.41) is 24.9. The average molecular weight is 431 g/mol. The van der Waals surface area contributed by atoms with Gasteiger partial charge in [-0.15, -0.1) is 0 Å². The summed E-state index contributed by atoms with van der Waals surface area (Å²) in [5.41, 5.74) is 11.0. The summed E-state index contributed by atoms with van der Waals surface area (Å²) >= 11 is 0. The van der Waals surface area contributed by atoms with E-state index in [1.165, 1.54) is 0 Å². The number of nitrogens with one attached hydrogen (secondary N) is 3. The zero-order valence-electron chi connectivity index (χ0n) is 17.3. The molecule has 0 aromatic rings. The van der Waals surface area contributed by atoms with Crippen LogP contribution in [0.5, 0.6) is 0 Å². The van der Waals surface area contributed by atoms with Gasteiger partial charge in [0, 0.05) is 6.42 Å². The van der Waals surface area contributed by atoms with Gasteiger partial charge in [-0.2, -0.15) is 0 Å². The van der Waals surface area contributed by atoms with Crippen LogP contribution in [0, 0.1) is 5.92 Å². The maximum atomic E-state index is 12.4. The minimum Gasteiger partial charge on any atom is -0.481 e. The molecule has 172 valence electrons. The fourth-order valence-corrected chi connectivity index (χ4v) is 2.48. The first-order chi connectivity index (χ1) is 14.0. The minimum atomic E-state index is -1.19. The minimum absolute atomic E-state index is 0.0866. The van der Waals surface area contributed by atoms with Crippen LogP contribution in [0.25, 0.3) is 0 Å². The number of hydrogen-bond acceptors (Lipinski definition) is 7. The molecular formula is C18H33N5O7. The molecule has 0 aliphatic carbocycles. The van der Waals surface area contributed by atoms with Gasteiger partial charge in [-0.1, -0.05) is 13.8 Å². The van der Waals surface area contributed by atoms with Gasteiger partial charge in [-0.05, 0) is 38.1 Å². The van der Waals surface area contributed by atoms with E-state index in [1.54, 1.807) is 13.8 Å². The lowest BCUT2D eigenvalue weighted by molar-refractivity contribution is -0.142. The Hall–Kier alpha value is -2.73. The van der Waals surface area contributed by atoms with Gasteiger partial charge in [-0.3, -0.25) is 19.2 Å². The average Bonchev–Trinajstić information content (AvgIpc) is 2.66. The Morgan fingerprint density at radius 2 is 1.57 bits per heavy atom. The smallest absolute Gasteiger partial charge is 0.326 e. The van der Waals surface area contributed by atoms with Crippen molar-refractivity contribution < 1.29 is 34.2 Å². The number of rotatable bonds is 15. The van der Waals surface area contributed by atoms with Crippen LogP contribution < -0.4 is 27.4 Å². The van der Waals surface area contributed by atoms with Crippen molar-refractivity contribution >= 4 is 29.7 Å². The SMILES string of the molecule is CC(C)C(NC(=O)C(N)CCC(=O)O)C(=O)NCC(=O)NC(CCCCN)C(=O)O. The van der Waals surface area contributed by atoms with Crippen LogP contribution in [0.1, 0.15) is 46.0 Å². The van der Waals surface area contributed by atoms with Gasteiger partial charge in [0.15, 0.2) is 0 Å². The van der Waals surface area contributed by atoms with E-state index in [9.17, 15) is 24.0 Å². The summed E-state index contributed by atoms with van der Waals surface area (Å²) in [4.78, 5) is 58.2. The van der Waals surface area contributed by atoms with Crippen molar-refractivity contribution in [2.45, 2.75) is 64.1 Å². The maximum absolute atomic E-state index is 12.4. The number of unbranched alkanes of at least 4 members (excludes halogenated alkanes) is 1. The molecule has 3 amide bonds. The fraction of sp³-hybridized carbons (Fsp3) is 0.722. The van der Waals surface area contributed by atoms with Gasteiger partial charge in [0.2, 0.25) is 17.7 Å². The van der Waals surface area contributed by atoms with E-state index in [-0.39, 0.29) is 25.2 Å². The fourth-order valence-electron chi connectivity index (χ4n) is 2.48. The van der Waals surface area contributed by atoms with E-state index in [1.807, 2.05) is 0 Å². The Kier molecular flexibility index (Phi) is 13.0. The molecule has 0 aromatic heterocycles. The zero-order chi connectivity index (χ0) is 23.3. The molecule has 0 aliphatic rings. The molecule has 0 rings (SSSR count). The number of amides is 3. The quantitative estimate of drug-likeness (QED) is 0.144. The van der Waals surface area contributed by atoms with Crippen molar-refractivity contribution in [2.24, 2.45) is 17.4 Å². The van der Waals surface area contributed by atoms with E-state index in [2.05, 4.69) is 16.0 Å². The molecule has 3 unspecified atom stereocenters. The molecule has 12 heteroatoms. The van der Waals surface area contributed by atoms with Gasteiger partial charge in [0.25, 0.3) is 0 Å². The molecule has 3 atom stereocenters. The van der Waals surface area contributed by atoms with Crippen LogP contribution in [0.3, 0.4) is 0 Å². The van der Waals surface area contributed by atoms with Crippen molar-refractivity contribution in [1.82, 2.24) is 16.0 Å². The largest absolute Gasteiger partial charge is 0.481 e. The first-order valence-electron chi connectivity index (χ1n) is 9.77. The molecule has 0 spiro atoms. The standard InChI is InChI=1S/C18H33N5O7/c1-10(2)15(23-16(27)11(20)6-7-14(25)26)17(28)21-9-13(24)22-12(18(29)30)5-3-4-8-19/h10-12,15H,3-9,19-20H2,1-2H3,(H,21,28)(H,22,24)(H,23,27)(H,25,26)(H,29,30). The van der Waals surface area contributed by atoms with E-state index in [0.29, 0.717) is 19.4 Å². The highest BCUT2D eigenvalue weighted by Crippen LogP contribution is 2.04. The zero-order valence-corrected chi connectivity index (χ0v) is 17.3. The Morgan fingerprint density at radius 1 is 0.933 bits per heavy atom. The molecule has 0 bridgehead atoms. The summed E-state index contributed by atoms with van der Waals surface area (Å²) < 4.78 is 0. The van der Waals surface area contributed by atoms with Gasteiger partial charge in [0.05, 0.1) is 12.6 Å². The Labute approximate surface area is 175 Å².